The molecular formula is C20H21N3O3S. The number of phenolic OH excluding ortho intramolecular Hbond substituents is 1. The number of phenols is 1. The number of benzene rings is 2. The van der Waals surface area contributed by atoms with Crippen LogP contribution in [-0.4, -0.2) is 35.2 Å². The molecule has 0 aliphatic rings. The van der Waals surface area contributed by atoms with Gasteiger partial charge in [0.2, 0.25) is 0 Å². The van der Waals surface area contributed by atoms with Crippen LogP contribution < -0.4 is 10.1 Å². The molecule has 0 unspecified atom stereocenters. The molecule has 7 heteroatoms. The maximum Gasteiger partial charge on any atom is 0.317 e. The van der Waals surface area contributed by atoms with Gasteiger partial charge in [0.05, 0.1) is 19.3 Å². The highest BCUT2D eigenvalue weighted by Gasteiger charge is 2.12. The zero-order chi connectivity index (χ0) is 19.2. The van der Waals surface area contributed by atoms with E-state index in [0.29, 0.717) is 18.8 Å². The first-order chi connectivity index (χ1) is 13.1. The van der Waals surface area contributed by atoms with Crippen molar-refractivity contribution in [3.63, 3.8) is 0 Å². The molecule has 1 aromatic heterocycles. The van der Waals surface area contributed by atoms with Crippen LogP contribution in [0.4, 0.5) is 4.79 Å². The number of aromatic hydroxyl groups is 1. The Morgan fingerprint density at radius 2 is 2.04 bits per heavy atom. The fourth-order valence-electron chi connectivity index (χ4n) is 2.60. The lowest BCUT2D eigenvalue weighted by Crippen LogP contribution is -2.36. The second-order valence-electron chi connectivity index (χ2n) is 6.01. The van der Waals surface area contributed by atoms with E-state index in [1.165, 1.54) is 18.4 Å². The number of rotatable bonds is 6. The Balaban J connectivity index is 1.54. The number of carbonyl (C=O) groups is 1. The molecule has 0 aliphatic carbocycles. The maximum atomic E-state index is 12.3. The van der Waals surface area contributed by atoms with E-state index in [1.54, 1.807) is 24.1 Å². The third-order valence-corrected chi connectivity index (χ3v) is 4.87. The average Bonchev–Trinajstić information content (AvgIpc) is 3.16. The molecule has 0 aliphatic heterocycles. The molecule has 2 amide bonds. The van der Waals surface area contributed by atoms with Crippen LogP contribution in [0.15, 0.2) is 53.9 Å². The number of methoxy groups -OCH3 is 1. The first-order valence-electron chi connectivity index (χ1n) is 8.41. The summed E-state index contributed by atoms with van der Waals surface area (Å²) in [4.78, 5) is 18.4. The van der Waals surface area contributed by atoms with Crippen LogP contribution in [0.25, 0.3) is 11.3 Å². The number of aromatic nitrogens is 1. The lowest BCUT2D eigenvalue weighted by molar-refractivity contribution is 0.206. The first kappa shape index (κ1) is 18.7. The van der Waals surface area contributed by atoms with E-state index in [0.717, 1.165) is 21.8 Å². The fourth-order valence-corrected chi connectivity index (χ4v) is 3.34. The Morgan fingerprint density at radius 3 is 2.74 bits per heavy atom. The normalized spacial score (nSPS) is 10.4. The average molecular weight is 383 g/mol. The number of urea groups is 1. The SMILES string of the molecule is COc1ccc(CN(C)C(=O)NCc2nc(-c3ccccc3)cs2)cc1O. The smallest absolute Gasteiger partial charge is 0.317 e. The van der Waals surface area contributed by atoms with Gasteiger partial charge in [0.1, 0.15) is 5.01 Å². The molecule has 3 aromatic rings. The van der Waals surface area contributed by atoms with E-state index < -0.39 is 0 Å². The molecule has 0 atom stereocenters. The minimum absolute atomic E-state index is 0.0556. The van der Waals surface area contributed by atoms with Crippen LogP contribution in [0.2, 0.25) is 0 Å². The van der Waals surface area contributed by atoms with Gasteiger partial charge in [0.25, 0.3) is 0 Å². The number of hydrogen-bond donors (Lipinski definition) is 2. The van der Waals surface area contributed by atoms with Crippen LogP contribution in [0.5, 0.6) is 11.5 Å². The lowest BCUT2D eigenvalue weighted by atomic mass is 10.2. The summed E-state index contributed by atoms with van der Waals surface area (Å²) in [7, 11) is 3.20. The Labute approximate surface area is 162 Å². The van der Waals surface area contributed by atoms with Crippen molar-refractivity contribution < 1.29 is 14.6 Å². The van der Waals surface area contributed by atoms with Crippen LogP contribution in [0, 0.1) is 0 Å². The topological polar surface area (TPSA) is 74.7 Å². The van der Waals surface area contributed by atoms with Crippen LogP contribution in [-0.2, 0) is 13.1 Å². The van der Waals surface area contributed by atoms with Crippen LogP contribution >= 0.6 is 11.3 Å². The predicted molar refractivity (Wildman–Crippen MR) is 106 cm³/mol. The number of nitrogens with zero attached hydrogens (tertiary/aromatic N) is 2. The monoisotopic (exact) mass is 383 g/mol. The first-order valence-corrected chi connectivity index (χ1v) is 9.29. The van der Waals surface area contributed by atoms with Crippen molar-refractivity contribution in [3.05, 3.63) is 64.5 Å². The molecule has 140 valence electrons. The molecule has 0 radical (unpaired) electrons. The summed E-state index contributed by atoms with van der Waals surface area (Å²) >= 11 is 1.52. The van der Waals surface area contributed by atoms with Crippen molar-refractivity contribution in [1.82, 2.24) is 15.2 Å². The molecule has 1 heterocycles. The van der Waals surface area contributed by atoms with Crippen LogP contribution in [0.1, 0.15) is 10.6 Å². The molecule has 0 saturated carbocycles. The molecule has 6 nitrogen and oxygen atoms in total. The number of carbonyl (C=O) groups excluding carboxylic acids is 1. The summed E-state index contributed by atoms with van der Waals surface area (Å²) in [6.45, 7) is 0.741. The highest BCUT2D eigenvalue weighted by Crippen LogP contribution is 2.26. The number of hydrogen-bond acceptors (Lipinski definition) is 5. The minimum Gasteiger partial charge on any atom is -0.504 e. The molecular weight excluding hydrogens is 362 g/mol. The van der Waals surface area contributed by atoms with Gasteiger partial charge in [-0.05, 0) is 17.7 Å². The van der Waals surface area contributed by atoms with E-state index in [9.17, 15) is 9.90 Å². The third-order valence-electron chi connectivity index (χ3n) is 4.02. The van der Waals surface area contributed by atoms with Gasteiger partial charge in [-0.1, -0.05) is 36.4 Å². The van der Waals surface area contributed by atoms with Gasteiger partial charge in [0, 0.05) is 24.5 Å². The summed E-state index contributed by atoms with van der Waals surface area (Å²) in [5, 5.41) is 15.5. The quantitative estimate of drug-likeness (QED) is 0.678. The van der Waals surface area contributed by atoms with Gasteiger partial charge >= 0.3 is 6.03 Å². The molecule has 2 aromatic carbocycles. The maximum absolute atomic E-state index is 12.3. The fraction of sp³-hybridized carbons (Fsp3) is 0.200. The van der Waals surface area contributed by atoms with Gasteiger partial charge in [-0.15, -0.1) is 11.3 Å². The van der Waals surface area contributed by atoms with Crippen molar-refractivity contribution in [2.45, 2.75) is 13.1 Å². The molecule has 2 N–H and O–H groups in total. The van der Waals surface area contributed by atoms with Gasteiger partial charge < -0.3 is 20.1 Å². The van der Waals surface area contributed by atoms with E-state index in [4.69, 9.17) is 4.74 Å². The summed E-state index contributed by atoms with van der Waals surface area (Å²) in [5.74, 6) is 0.462. The van der Waals surface area contributed by atoms with E-state index >= 15 is 0 Å². The van der Waals surface area contributed by atoms with Crippen molar-refractivity contribution in [2.24, 2.45) is 0 Å². The highest BCUT2D eigenvalue weighted by molar-refractivity contribution is 7.09. The molecule has 0 spiro atoms. The number of ether oxygens (including phenoxy) is 1. The van der Waals surface area contributed by atoms with Gasteiger partial charge in [-0.3, -0.25) is 0 Å². The minimum atomic E-state index is -0.207. The largest absolute Gasteiger partial charge is 0.504 e. The summed E-state index contributed by atoms with van der Waals surface area (Å²) in [6.07, 6.45) is 0. The molecule has 27 heavy (non-hydrogen) atoms. The van der Waals surface area contributed by atoms with Crippen LogP contribution in [0.3, 0.4) is 0 Å². The molecule has 3 rings (SSSR count). The van der Waals surface area contributed by atoms with Gasteiger partial charge in [0.15, 0.2) is 11.5 Å². The van der Waals surface area contributed by atoms with E-state index in [-0.39, 0.29) is 11.8 Å². The Morgan fingerprint density at radius 1 is 1.26 bits per heavy atom. The van der Waals surface area contributed by atoms with Crippen molar-refractivity contribution >= 4 is 17.4 Å². The molecule has 0 saturated heterocycles. The van der Waals surface area contributed by atoms with Crippen molar-refractivity contribution in [2.75, 3.05) is 14.2 Å². The Bertz CT molecular complexity index is 912. The van der Waals surface area contributed by atoms with Crippen molar-refractivity contribution in [1.29, 1.82) is 0 Å². The standard InChI is InChI=1S/C20H21N3O3S/c1-23(12-14-8-9-18(26-2)17(24)10-14)20(25)21-11-19-22-16(13-27-19)15-6-4-3-5-7-15/h3-10,13,24H,11-12H2,1-2H3,(H,21,25). The zero-order valence-electron chi connectivity index (χ0n) is 15.2. The highest BCUT2D eigenvalue weighted by atomic mass is 32.1. The Hall–Kier alpha value is -3.06. The molecule has 0 bridgehead atoms. The summed E-state index contributed by atoms with van der Waals surface area (Å²) < 4.78 is 5.03. The number of thiazole rings is 1. The van der Waals surface area contributed by atoms with Gasteiger partial charge in [-0.25, -0.2) is 9.78 Å². The summed E-state index contributed by atoms with van der Waals surface area (Å²) in [5.41, 5.74) is 2.78. The Kier molecular flexibility index (Phi) is 5.93. The van der Waals surface area contributed by atoms with E-state index in [1.807, 2.05) is 41.8 Å². The number of nitrogens with one attached hydrogen (secondary N) is 1. The predicted octanol–water partition coefficient (Wildman–Crippen LogP) is 3.87. The second-order valence-corrected chi connectivity index (χ2v) is 6.96. The zero-order valence-corrected chi connectivity index (χ0v) is 16.0. The molecule has 0 fully saturated rings. The van der Waals surface area contributed by atoms with E-state index in [2.05, 4.69) is 10.3 Å². The third kappa shape index (κ3) is 4.77. The summed E-state index contributed by atoms with van der Waals surface area (Å²) in [6, 6.07) is 14.8. The van der Waals surface area contributed by atoms with Gasteiger partial charge in [-0.2, -0.15) is 0 Å². The number of amides is 2. The lowest BCUT2D eigenvalue weighted by Gasteiger charge is -2.18. The van der Waals surface area contributed by atoms with Crippen molar-refractivity contribution in [3.8, 4) is 22.8 Å². The second kappa shape index (κ2) is 8.55.